The van der Waals surface area contributed by atoms with Gasteiger partial charge >= 0.3 is 0 Å². The van der Waals surface area contributed by atoms with Gasteiger partial charge in [0.25, 0.3) is 5.69 Å². The van der Waals surface area contributed by atoms with Gasteiger partial charge in [0, 0.05) is 17.7 Å². The zero-order chi connectivity index (χ0) is 13.0. The minimum absolute atomic E-state index is 0.0789. The van der Waals surface area contributed by atoms with Crippen molar-refractivity contribution in [3.8, 4) is 0 Å². The van der Waals surface area contributed by atoms with E-state index in [1.807, 2.05) is 30.3 Å². The molecule has 88 valence electrons. The third-order valence-corrected chi connectivity index (χ3v) is 2.61. The number of nitrogens with zero attached hydrogens (tertiary/aromatic N) is 1. The van der Waals surface area contributed by atoms with E-state index >= 15 is 0 Å². The van der Waals surface area contributed by atoms with Crippen LogP contribution in [0, 0.1) is 10.1 Å². The highest BCUT2D eigenvalue weighted by Crippen LogP contribution is 2.23. The molecule has 0 saturated heterocycles. The van der Waals surface area contributed by atoms with Crippen molar-refractivity contribution in [2.45, 2.75) is 0 Å². The first-order chi connectivity index (χ1) is 8.72. The SMILES string of the molecule is C=C=C(c1ccccc1)c1ccc([N+](=O)[O-])cc1. The van der Waals surface area contributed by atoms with Crippen molar-refractivity contribution in [2.75, 3.05) is 0 Å². The van der Waals surface area contributed by atoms with Crippen LogP contribution < -0.4 is 0 Å². The maximum atomic E-state index is 10.6. The Bertz CT molecular complexity index is 609. The average molecular weight is 237 g/mol. The standard InChI is InChI=1S/C15H11NO2/c1-2-15(12-6-4-3-5-7-12)13-8-10-14(11-9-13)16(17)18/h3-11H,1H2. The van der Waals surface area contributed by atoms with Gasteiger partial charge in [-0.25, -0.2) is 0 Å². The molecular weight excluding hydrogens is 226 g/mol. The number of non-ortho nitro benzene ring substituents is 1. The summed E-state index contributed by atoms with van der Waals surface area (Å²) in [5, 5.41) is 10.6. The second-order valence-corrected chi connectivity index (χ2v) is 3.72. The monoisotopic (exact) mass is 237 g/mol. The van der Waals surface area contributed by atoms with Crippen LogP contribution in [0.25, 0.3) is 5.57 Å². The molecule has 0 unspecified atom stereocenters. The molecule has 0 atom stereocenters. The normalized spacial score (nSPS) is 9.56. The third-order valence-electron chi connectivity index (χ3n) is 2.61. The molecule has 0 fully saturated rings. The van der Waals surface area contributed by atoms with Crippen molar-refractivity contribution in [2.24, 2.45) is 0 Å². The van der Waals surface area contributed by atoms with Gasteiger partial charge < -0.3 is 0 Å². The Morgan fingerprint density at radius 1 is 1.00 bits per heavy atom. The van der Waals surface area contributed by atoms with E-state index in [0.717, 1.165) is 16.7 Å². The van der Waals surface area contributed by atoms with E-state index in [0.29, 0.717) is 0 Å². The molecule has 2 aromatic rings. The van der Waals surface area contributed by atoms with E-state index in [9.17, 15) is 10.1 Å². The van der Waals surface area contributed by atoms with E-state index in [1.54, 1.807) is 12.1 Å². The van der Waals surface area contributed by atoms with E-state index < -0.39 is 4.92 Å². The number of rotatable bonds is 3. The first-order valence-electron chi connectivity index (χ1n) is 5.42. The lowest BCUT2D eigenvalue weighted by Gasteiger charge is -2.05. The highest BCUT2D eigenvalue weighted by Gasteiger charge is 2.07. The van der Waals surface area contributed by atoms with Gasteiger partial charge in [0.1, 0.15) is 0 Å². The molecular formula is C15H11NO2. The minimum atomic E-state index is -0.413. The van der Waals surface area contributed by atoms with Crippen LogP contribution in [0.3, 0.4) is 0 Å². The summed E-state index contributed by atoms with van der Waals surface area (Å²) in [6.45, 7) is 3.68. The molecule has 0 aromatic heterocycles. The molecule has 0 amide bonds. The number of nitro groups is 1. The van der Waals surface area contributed by atoms with Crippen LogP contribution in [0.15, 0.2) is 66.9 Å². The predicted octanol–water partition coefficient (Wildman–Crippen LogP) is 3.81. The maximum absolute atomic E-state index is 10.6. The second kappa shape index (κ2) is 5.13. The lowest BCUT2D eigenvalue weighted by molar-refractivity contribution is -0.384. The van der Waals surface area contributed by atoms with Crippen LogP contribution >= 0.6 is 0 Å². The summed E-state index contributed by atoms with van der Waals surface area (Å²) in [4.78, 5) is 10.2. The van der Waals surface area contributed by atoms with Gasteiger partial charge in [-0.2, -0.15) is 0 Å². The molecule has 0 aliphatic rings. The number of hydrogen-bond donors (Lipinski definition) is 0. The molecule has 0 N–H and O–H groups in total. The van der Waals surface area contributed by atoms with Gasteiger partial charge in [-0.05, 0) is 23.3 Å². The summed E-state index contributed by atoms with van der Waals surface area (Å²) in [5.74, 6) is 0. The molecule has 2 rings (SSSR count). The zero-order valence-corrected chi connectivity index (χ0v) is 9.67. The first kappa shape index (κ1) is 11.8. The lowest BCUT2D eigenvalue weighted by Crippen LogP contribution is -1.90. The third kappa shape index (κ3) is 2.37. The Labute approximate surface area is 105 Å². The summed E-state index contributed by atoms with van der Waals surface area (Å²) in [7, 11) is 0. The van der Waals surface area contributed by atoms with E-state index in [4.69, 9.17) is 0 Å². The fourth-order valence-corrected chi connectivity index (χ4v) is 1.73. The number of nitro benzene ring substituents is 1. The van der Waals surface area contributed by atoms with Crippen molar-refractivity contribution in [3.05, 3.63) is 88.1 Å². The zero-order valence-electron chi connectivity index (χ0n) is 9.67. The van der Waals surface area contributed by atoms with Crippen molar-refractivity contribution >= 4 is 11.3 Å². The number of hydrogen-bond acceptors (Lipinski definition) is 2. The van der Waals surface area contributed by atoms with E-state index in [2.05, 4.69) is 12.3 Å². The number of benzene rings is 2. The van der Waals surface area contributed by atoms with Gasteiger partial charge in [-0.15, -0.1) is 5.73 Å². The Hall–Kier alpha value is -2.64. The molecule has 0 spiro atoms. The molecule has 18 heavy (non-hydrogen) atoms. The highest BCUT2D eigenvalue weighted by molar-refractivity contribution is 5.79. The molecule has 3 nitrogen and oxygen atoms in total. The van der Waals surface area contributed by atoms with Crippen LogP contribution in [0.2, 0.25) is 0 Å². The van der Waals surface area contributed by atoms with Gasteiger partial charge in [-0.3, -0.25) is 10.1 Å². The minimum Gasteiger partial charge on any atom is -0.258 e. The molecule has 0 aliphatic heterocycles. The fraction of sp³-hybridized carbons (Fsp3) is 0. The Kier molecular flexibility index (Phi) is 3.37. The Balaban J connectivity index is 2.41. The van der Waals surface area contributed by atoms with Crippen molar-refractivity contribution in [3.63, 3.8) is 0 Å². The lowest BCUT2D eigenvalue weighted by atomic mass is 9.99. The second-order valence-electron chi connectivity index (χ2n) is 3.72. The topological polar surface area (TPSA) is 43.1 Å². The molecule has 0 heterocycles. The summed E-state index contributed by atoms with van der Waals surface area (Å²) in [6.07, 6.45) is 0. The maximum Gasteiger partial charge on any atom is 0.269 e. The van der Waals surface area contributed by atoms with Crippen LogP contribution in [0.5, 0.6) is 0 Å². The van der Waals surface area contributed by atoms with Crippen LogP contribution in [-0.2, 0) is 0 Å². The van der Waals surface area contributed by atoms with Crippen molar-refractivity contribution in [1.82, 2.24) is 0 Å². The van der Waals surface area contributed by atoms with Gasteiger partial charge in [0.05, 0.1) is 4.92 Å². The summed E-state index contributed by atoms with van der Waals surface area (Å²) in [6, 6.07) is 16.1. The fourth-order valence-electron chi connectivity index (χ4n) is 1.73. The highest BCUT2D eigenvalue weighted by atomic mass is 16.6. The predicted molar refractivity (Wildman–Crippen MR) is 71.2 cm³/mol. The van der Waals surface area contributed by atoms with Gasteiger partial charge in [-0.1, -0.05) is 36.9 Å². The summed E-state index contributed by atoms with van der Waals surface area (Å²) in [5.41, 5.74) is 5.65. The van der Waals surface area contributed by atoms with E-state index in [-0.39, 0.29) is 5.69 Å². The van der Waals surface area contributed by atoms with Gasteiger partial charge in [0.2, 0.25) is 0 Å². The van der Waals surface area contributed by atoms with Crippen LogP contribution in [0.1, 0.15) is 11.1 Å². The van der Waals surface area contributed by atoms with Crippen LogP contribution in [0.4, 0.5) is 5.69 Å². The smallest absolute Gasteiger partial charge is 0.258 e. The molecule has 0 radical (unpaired) electrons. The van der Waals surface area contributed by atoms with Crippen LogP contribution in [-0.4, -0.2) is 4.92 Å². The molecule has 3 heteroatoms. The molecule has 0 aliphatic carbocycles. The van der Waals surface area contributed by atoms with Crippen molar-refractivity contribution in [1.29, 1.82) is 0 Å². The summed E-state index contributed by atoms with van der Waals surface area (Å²) < 4.78 is 0. The molecule has 0 bridgehead atoms. The average Bonchev–Trinajstić information content (AvgIpc) is 2.41. The molecule has 2 aromatic carbocycles. The largest absolute Gasteiger partial charge is 0.269 e. The van der Waals surface area contributed by atoms with Gasteiger partial charge in [0.15, 0.2) is 0 Å². The Morgan fingerprint density at radius 3 is 2.06 bits per heavy atom. The first-order valence-corrected chi connectivity index (χ1v) is 5.42. The van der Waals surface area contributed by atoms with Crippen molar-refractivity contribution < 1.29 is 4.92 Å². The van der Waals surface area contributed by atoms with E-state index in [1.165, 1.54) is 12.1 Å². The summed E-state index contributed by atoms with van der Waals surface area (Å²) >= 11 is 0. The molecule has 0 saturated carbocycles. The quantitative estimate of drug-likeness (QED) is 0.462. The Morgan fingerprint density at radius 2 is 1.56 bits per heavy atom.